The minimum atomic E-state index is -0.794. The van der Waals surface area contributed by atoms with E-state index in [4.69, 9.17) is 9.15 Å². The molecule has 1 N–H and O–H groups in total. The molecule has 1 fully saturated rings. The third kappa shape index (κ3) is 6.69. The zero-order valence-corrected chi connectivity index (χ0v) is 23.5. The largest absolute Gasteiger partial charge is 0.492 e. The standard InChI is InChI=1S/C31H32BrN3O4/c1-22-27(33-30(39-22)24-8-4-2-5-9-24)14-19-38-29-13-12-23(20-26(29)32)21-28(31(36)37)35-17-15-34(16-18-35)25-10-6-3-7-11-25/h2-13,20,28H,14-19,21H2,1H3,(H,36,37)/t28-/m0/s1. The fraction of sp³-hybridized carbons (Fsp3) is 0.290. The predicted octanol–water partition coefficient (Wildman–Crippen LogP) is 5.85. The average molecular weight is 591 g/mol. The third-order valence-electron chi connectivity index (χ3n) is 7.10. The van der Waals surface area contributed by atoms with Gasteiger partial charge in [0.2, 0.25) is 5.89 Å². The number of para-hydroxylation sites is 1. The van der Waals surface area contributed by atoms with E-state index in [1.54, 1.807) is 0 Å². The molecule has 39 heavy (non-hydrogen) atoms. The number of hydrogen-bond acceptors (Lipinski definition) is 6. The lowest BCUT2D eigenvalue weighted by Gasteiger charge is -2.38. The number of aryl methyl sites for hydroxylation is 1. The normalized spacial score (nSPS) is 14.8. The predicted molar refractivity (Wildman–Crippen MR) is 155 cm³/mol. The number of benzene rings is 3. The Morgan fingerprint density at radius 1 is 1.03 bits per heavy atom. The molecule has 4 aromatic rings. The van der Waals surface area contributed by atoms with Crippen LogP contribution in [0.3, 0.4) is 0 Å². The molecule has 0 radical (unpaired) electrons. The molecule has 3 aromatic carbocycles. The van der Waals surface area contributed by atoms with Gasteiger partial charge >= 0.3 is 5.97 Å². The molecule has 2 heterocycles. The molecule has 0 bridgehead atoms. The van der Waals surface area contributed by atoms with Crippen molar-refractivity contribution in [3.63, 3.8) is 0 Å². The van der Waals surface area contributed by atoms with Gasteiger partial charge in [-0.2, -0.15) is 0 Å². The second-order valence-electron chi connectivity index (χ2n) is 9.67. The van der Waals surface area contributed by atoms with E-state index in [2.05, 4.69) is 42.8 Å². The second kappa shape index (κ2) is 12.5. The minimum Gasteiger partial charge on any atom is -0.492 e. The molecule has 1 aliphatic rings. The smallest absolute Gasteiger partial charge is 0.321 e. The lowest BCUT2D eigenvalue weighted by atomic mass is 10.0. The van der Waals surface area contributed by atoms with Crippen LogP contribution in [0.2, 0.25) is 0 Å². The van der Waals surface area contributed by atoms with Crippen molar-refractivity contribution in [3.8, 4) is 17.2 Å². The second-order valence-corrected chi connectivity index (χ2v) is 10.5. The van der Waals surface area contributed by atoms with Crippen LogP contribution in [0.5, 0.6) is 5.75 Å². The molecular formula is C31H32BrN3O4. The van der Waals surface area contributed by atoms with Crippen molar-refractivity contribution >= 4 is 27.6 Å². The summed E-state index contributed by atoms with van der Waals surface area (Å²) in [7, 11) is 0. The zero-order chi connectivity index (χ0) is 27.2. The number of aromatic nitrogens is 1. The molecule has 0 saturated carbocycles. The van der Waals surface area contributed by atoms with Crippen LogP contribution in [-0.4, -0.2) is 59.8 Å². The summed E-state index contributed by atoms with van der Waals surface area (Å²) in [6.07, 6.45) is 1.05. The maximum Gasteiger partial charge on any atom is 0.321 e. The topological polar surface area (TPSA) is 79.0 Å². The van der Waals surface area contributed by atoms with Crippen molar-refractivity contribution in [2.75, 3.05) is 37.7 Å². The van der Waals surface area contributed by atoms with Crippen LogP contribution >= 0.6 is 15.9 Å². The Morgan fingerprint density at radius 2 is 1.72 bits per heavy atom. The van der Waals surface area contributed by atoms with Gasteiger partial charge in [-0.1, -0.05) is 42.5 Å². The molecule has 202 valence electrons. The number of nitrogens with zero attached hydrogens (tertiary/aromatic N) is 3. The lowest BCUT2D eigenvalue weighted by molar-refractivity contribution is -0.143. The molecule has 1 saturated heterocycles. The number of anilines is 1. The summed E-state index contributed by atoms with van der Waals surface area (Å²) in [6.45, 7) is 5.40. The molecule has 0 unspecified atom stereocenters. The number of piperazine rings is 1. The molecule has 0 amide bonds. The average Bonchev–Trinajstić information content (AvgIpc) is 3.34. The first-order valence-corrected chi connectivity index (χ1v) is 14.0. The van der Waals surface area contributed by atoms with Gasteiger partial charge in [-0.05, 0) is 71.2 Å². The van der Waals surface area contributed by atoms with Crippen LogP contribution in [-0.2, 0) is 17.6 Å². The van der Waals surface area contributed by atoms with Crippen LogP contribution in [0.15, 0.2) is 87.8 Å². The van der Waals surface area contributed by atoms with Gasteiger partial charge in [0, 0.05) is 43.9 Å². The van der Waals surface area contributed by atoms with Crippen molar-refractivity contribution < 1.29 is 19.1 Å². The number of carbonyl (C=O) groups is 1. The number of oxazole rings is 1. The molecule has 8 heteroatoms. The Hall–Kier alpha value is -3.62. The first-order chi connectivity index (χ1) is 19.0. The minimum absolute atomic E-state index is 0.431. The number of ether oxygens (including phenoxy) is 1. The van der Waals surface area contributed by atoms with Crippen LogP contribution in [0.1, 0.15) is 17.0 Å². The maximum atomic E-state index is 12.2. The summed E-state index contributed by atoms with van der Waals surface area (Å²) >= 11 is 3.61. The summed E-state index contributed by atoms with van der Waals surface area (Å²) in [6, 6.07) is 25.3. The van der Waals surface area contributed by atoms with Gasteiger partial charge in [0.25, 0.3) is 0 Å². The number of halogens is 1. The molecular weight excluding hydrogens is 558 g/mol. The van der Waals surface area contributed by atoms with E-state index in [0.29, 0.717) is 44.2 Å². The fourth-order valence-corrected chi connectivity index (χ4v) is 5.48. The lowest BCUT2D eigenvalue weighted by Crippen LogP contribution is -2.53. The van der Waals surface area contributed by atoms with Crippen molar-refractivity contribution in [3.05, 3.63) is 100 Å². The highest BCUT2D eigenvalue weighted by atomic mass is 79.9. The Morgan fingerprint density at radius 3 is 2.38 bits per heavy atom. The van der Waals surface area contributed by atoms with Gasteiger partial charge in [-0.15, -0.1) is 0 Å². The van der Waals surface area contributed by atoms with Crippen molar-refractivity contribution in [2.45, 2.75) is 25.8 Å². The van der Waals surface area contributed by atoms with Crippen LogP contribution in [0, 0.1) is 6.92 Å². The quantitative estimate of drug-likeness (QED) is 0.248. The van der Waals surface area contributed by atoms with E-state index in [0.717, 1.165) is 40.1 Å². The summed E-state index contributed by atoms with van der Waals surface area (Å²) < 4.78 is 12.7. The summed E-state index contributed by atoms with van der Waals surface area (Å²) in [5.41, 5.74) is 3.95. The number of hydrogen-bond donors (Lipinski definition) is 1. The van der Waals surface area contributed by atoms with Gasteiger partial charge in [0.05, 0.1) is 16.8 Å². The SMILES string of the molecule is Cc1oc(-c2ccccc2)nc1CCOc1ccc(C[C@@H](C(=O)O)N2CCN(c3ccccc3)CC2)cc1Br. The first-order valence-electron chi connectivity index (χ1n) is 13.2. The Kier molecular flexibility index (Phi) is 8.64. The first kappa shape index (κ1) is 27.0. The summed E-state index contributed by atoms with van der Waals surface area (Å²) in [5.74, 6) is 1.32. The van der Waals surface area contributed by atoms with E-state index in [-0.39, 0.29) is 0 Å². The van der Waals surface area contributed by atoms with Gasteiger partial charge in [-0.3, -0.25) is 9.69 Å². The van der Waals surface area contributed by atoms with E-state index >= 15 is 0 Å². The van der Waals surface area contributed by atoms with Crippen molar-refractivity contribution in [2.24, 2.45) is 0 Å². The Balaban J connectivity index is 1.16. The molecule has 1 aromatic heterocycles. The molecule has 7 nitrogen and oxygen atoms in total. The Labute approximate surface area is 237 Å². The number of aliphatic carboxylic acids is 1. The van der Waals surface area contributed by atoms with Crippen molar-refractivity contribution in [1.82, 2.24) is 9.88 Å². The van der Waals surface area contributed by atoms with E-state index in [1.165, 1.54) is 5.69 Å². The van der Waals surface area contributed by atoms with Gasteiger partial charge in [-0.25, -0.2) is 4.98 Å². The number of carboxylic acids is 1. The molecule has 0 spiro atoms. The number of rotatable bonds is 10. The van der Waals surface area contributed by atoms with Crippen LogP contribution in [0.4, 0.5) is 5.69 Å². The highest BCUT2D eigenvalue weighted by molar-refractivity contribution is 9.10. The summed E-state index contributed by atoms with van der Waals surface area (Å²) in [5, 5.41) is 10.0. The third-order valence-corrected chi connectivity index (χ3v) is 7.72. The van der Waals surface area contributed by atoms with Crippen LogP contribution in [0.25, 0.3) is 11.5 Å². The highest BCUT2D eigenvalue weighted by Gasteiger charge is 2.29. The molecule has 5 rings (SSSR count). The van der Waals surface area contributed by atoms with Crippen molar-refractivity contribution in [1.29, 1.82) is 0 Å². The van der Waals surface area contributed by atoms with Gasteiger partial charge < -0.3 is 19.2 Å². The monoisotopic (exact) mass is 589 g/mol. The Bertz CT molecular complexity index is 1390. The van der Waals surface area contributed by atoms with Crippen LogP contribution < -0.4 is 9.64 Å². The van der Waals surface area contributed by atoms with E-state index in [1.807, 2.05) is 73.7 Å². The van der Waals surface area contributed by atoms with Gasteiger partial charge in [0.1, 0.15) is 17.6 Å². The van der Waals surface area contributed by atoms with E-state index < -0.39 is 12.0 Å². The fourth-order valence-electron chi connectivity index (χ4n) is 4.94. The van der Waals surface area contributed by atoms with Gasteiger partial charge in [0.15, 0.2) is 0 Å². The summed E-state index contributed by atoms with van der Waals surface area (Å²) in [4.78, 5) is 21.2. The molecule has 1 aliphatic heterocycles. The zero-order valence-electron chi connectivity index (χ0n) is 21.9. The maximum absolute atomic E-state index is 12.2. The van der Waals surface area contributed by atoms with E-state index in [9.17, 15) is 9.90 Å². The molecule has 0 aliphatic carbocycles. The molecule has 1 atom stereocenters. The number of carboxylic acid groups (broad SMARTS) is 1. The highest BCUT2D eigenvalue weighted by Crippen LogP contribution is 2.28.